The Morgan fingerprint density at radius 3 is 2.53 bits per heavy atom. The summed E-state index contributed by atoms with van der Waals surface area (Å²) in [5.41, 5.74) is 0.284. The summed E-state index contributed by atoms with van der Waals surface area (Å²) in [4.78, 5) is 4.38. The third-order valence-corrected chi connectivity index (χ3v) is 3.61. The minimum Gasteiger partial charge on any atom is -0.354 e. The van der Waals surface area contributed by atoms with Crippen LogP contribution in [0.5, 0.6) is 0 Å². The number of hydrogen-bond donors (Lipinski definition) is 0. The highest BCUT2D eigenvalue weighted by atomic mass is 19.2. The lowest BCUT2D eigenvalue weighted by atomic mass is 10.2. The Hall–Kier alpha value is -1.69. The SMILES string of the molecule is CCN1CCN(c2noc3cc(F)c(F)cc23)CC1. The Morgan fingerprint density at radius 1 is 1.16 bits per heavy atom. The van der Waals surface area contributed by atoms with Crippen LogP contribution in [0.4, 0.5) is 14.6 Å². The summed E-state index contributed by atoms with van der Waals surface area (Å²) in [6, 6.07) is 2.20. The van der Waals surface area contributed by atoms with Gasteiger partial charge < -0.3 is 14.3 Å². The van der Waals surface area contributed by atoms with Crippen molar-refractivity contribution in [2.24, 2.45) is 0 Å². The molecule has 1 aliphatic heterocycles. The van der Waals surface area contributed by atoms with Crippen LogP contribution in [0, 0.1) is 11.6 Å². The zero-order chi connectivity index (χ0) is 13.4. The highest BCUT2D eigenvalue weighted by molar-refractivity contribution is 5.88. The van der Waals surface area contributed by atoms with Crippen molar-refractivity contribution in [2.75, 3.05) is 37.6 Å². The van der Waals surface area contributed by atoms with Crippen molar-refractivity contribution in [3.05, 3.63) is 23.8 Å². The maximum absolute atomic E-state index is 13.3. The number of likely N-dealkylation sites (N-methyl/N-ethyl adjacent to an activating group) is 1. The molecule has 1 fully saturated rings. The number of fused-ring (bicyclic) bond motifs is 1. The van der Waals surface area contributed by atoms with Gasteiger partial charge >= 0.3 is 0 Å². The van der Waals surface area contributed by atoms with E-state index in [0.29, 0.717) is 11.2 Å². The molecule has 1 aliphatic rings. The average molecular weight is 267 g/mol. The minimum atomic E-state index is -0.911. The van der Waals surface area contributed by atoms with Crippen LogP contribution in [0.25, 0.3) is 11.0 Å². The fourth-order valence-electron chi connectivity index (χ4n) is 2.42. The van der Waals surface area contributed by atoms with Crippen LogP contribution in [0.2, 0.25) is 0 Å². The van der Waals surface area contributed by atoms with Gasteiger partial charge in [0.25, 0.3) is 0 Å². The Labute approximate surface area is 109 Å². The summed E-state index contributed by atoms with van der Waals surface area (Å²) in [6.07, 6.45) is 0. The van der Waals surface area contributed by atoms with Crippen molar-refractivity contribution in [3.8, 4) is 0 Å². The average Bonchev–Trinajstić information content (AvgIpc) is 2.82. The fourth-order valence-corrected chi connectivity index (χ4v) is 2.42. The monoisotopic (exact) mass is 267 g/mol. The van der Waals surface area contributed by atoms with Gasteiger partial charge in [-0.2, -0.15) is 0 Å². The highest BCUT2D eigenvalue weighted by Crippen LogP contribution is 2.28. The Balaban J connectivity index is 1.91. The third-order valence-electron chi connectivity index (χ3n) is 3.61. The zero-order valence-electron chi connectivity index (χ0n) is 10.7. The van der Waals surface area contributed by atoms with Crippen molar-refractivity contribution < 1.29 is 13.3 Å². The first-order valence-electron chi connectivity index (χ1n) is 6.40. The van der Waals surface area contributed by atoms with E-state index in [1.165, 1.54) is 0 Å². The molecule has 102 valence electrons. The second-order valence-corrected chi connectivity index (χ2v) is 4.69. The zero-order valence-corrected chi connectivity index (χ0v) is 10.7. The van der Waals surface area contributed by atoms with Crippen LogP contribution in [0.1, 0.15) is 6.92 Å². The van der Waals surface area contributed by atoms with E-state index < -0.39 is 11.6 Å². The van der Waals surface area contributed by atoms with Gasteiger partial charge in [-0.15, -0.1) is 0 Å². The third kappa shape index (κ3) is 2.16. The topological polar surface area (TPSA) is 32.5 Å². The number of aromatic nitrogens is 1. The van der Waals surface area contributed by atoms with E-state index in [-0.39, 0.29) is 5.58 Å². The van der Waals surface area contributed by atoms with Gasteiger partial charge in [-0.3, -0.25) is 0 Å². The van der Waals surface area contributed by atoms with Crippen LogP contribution in [0.3, 0.4) is 0 Å². The molecule has 0 spiro atoms. The maximum Gasteiger partial charge on any atom is 0.180 e. The molecule has 0 radical (unpaired) electrons. The molecule has 0 atom stereocenters. The van der Waals surface area contributed by atoms with Crippen molar-refractivity contribution >= 4 is 16.8 Å². The van der Waals surface area contributed by atoms with Gasteiger partial charge in [0.15, 0.2) is 23.0 Å². The van der Waals surface area contributed by atoms with Gasteiger partial charge in [0.05, 0.1) is 5.39 Å². The molecule has 0 saturated carbocycles. The van der Waals surface area contributed by atoms with Gasteiger partial charge in [0, 0.05) is 32.2 Å². The summed E-state index contributed by atoms with van der Waals surface area (Å²) >= 11 is 0. The maximum atomic E-state index is 13.3. The van der Waals surface area contributed by atoms with Gasteiger partial charge in [0.2, 0.25) is 0 Å². The quantitative estimate of drug-likeness (QED) is 0.835. The molecule has 0 N–H and O–H groups in total. The van der Waals surface area contributed by atoms with Crippen LogP contribution >= 0.6 is 0 Å². The van der Waals surface area contributed by atoms with E-state index in [2.05, 4.69) is 21.9 Å². The Morgan fingerprint density at radius 2 is 1.84 bits per heavy atom. The first-order chi connectivity index (χ1) is 9.19. The van der Waals surface area contributed by atoms with Crippen LogP contribution < -0.4 is 4.90 Å². The number of anilines is 1. The molecule has 2 aromatic rings. The van der Waals surface area contributed by atoms with E-state index >= 15 is 0 Å². The molecule has 6 heteroatoms. The molecule has 4 nitrogen and oxygen atoms in total. The van der Waals surface area contributed by atoms with Crippen LogP contribution in [-0.2, 0) is 0 Å². The molecular weight excluding hydrogens is 252 g/mol. The van der Waals surface area contributed by atoms with E-state index in [9.17, 15) is 8.78 Å². The molecule has 1 saturated heterocycles. The smallest absolute Gasteiger partial charge is 0.180 e. The van der Waals surface area contributed by atoms with Crippen molar-refractivity contribution in [1.29, 1.82) is 0 Å². The molecule has 1 aromatic heterocycles. The fraction of sp³-hybridized carbons (Fsp3) is 0.462. The van der Waals surface area contributed by atoms with Gasteiger partial charge in [-0.05, 0) is 12.6 Å². The molecule has 2 heterocycles. The molecule has 1 aromatic carbocycles. The highest BCUT2D eigenvalue weighted by Gasteiger charge is 2.22. The first-order valence-corrected chi connectivity index (χ1v) is 6.40. The second kappa shape index (κ2) is 4.77. The predicted octanol–water partition coefficient (Wildman–Crippen LogP) is 2.25. The summed E-state index contributed by atoms with van der Waals surface area (Å²) in [5.74, 6) is -1.18. The predicted molar refractivity (Wildman–Crippen MR) is 68.3 cm³/mol. The minimum absolute atomic E-state index is 0.284. The second-order valence-electron chi connectivity index (χ2n) is 4.69. The molecule has 0 aliphatic carbocycles. The molecule has 0 amide bonds. The summed E-state index contributed by atoms with van der Waals surface area (Å²) < 4.78 is 31.5. The Bertz CT molecular complexity index is 591. The van der Waals surface area contributed by atoms with E-state index in [1.807, 2.05) is 0 Å². The van der Waals surface area contributed by atoms with E-state index in [1.54, 1.807) is 0 Å². The summed E-state index contributed by atoms with van der Waals surface area (Å²) in [5, 5.41) is 4.48. The summed E-state index contributed by atoms with van der Waals surface area (Å²) in [7, 11) is 0. The van der Waals surface area contributed by atoms with Crippen LogP contribution in [-0.4, -0.2) is 42.8 Å². The van der Waals surface area contributed by atoms with Gasteiger partial charge in [0.1, 0.15) is 0 Å². The molecule has 0 unspecified atom stereocenters. The number of piperazine rings is 1. The number of halogens is 2. The molecule has 0 bridgehead atoms. The number of benzene rings is 1. The van der Waals surface area contributed by atoms with Crippen molar-refractivity contribution in [1.82, 2.24) is 10.1 Å². The van der Waals surface area contributed by atoms with Gasteiger partial charge in [-0.25, -0.2) is 8.78 Å². The number of hydrogen-bond acceptors (Lipinski definition) is 4. The number of rotatable bonds is 2. The summed E-state index contributed by atoms with van der Waals surface area (Å²) in [6.45, 7) is 6.65. The van der Waals surface area contributed by atoms with Crippen molar-refractivity contribution in [2.45, 2.75) is 6.92 Å². The molecular formula is C13H15F2N3O. The first kappa shape index (κ1) is 12.3. The molecule has 3 rings (SSSR count). The molecule has 19 heavy (non-hydrogen) atoms. The standard InChI is InChI=1S/C13H15F2N3O/c1-2-17-3-5-18(6-4-17)13-9-7-10(14)11(15)8-12(9)19-16-13/h7-8H,2-6H2,1H3. The van der Waals surface area contributed by atoms with E-state index in [0.717, 1.165) is 44.9 Å². The van der Waals surface area contributed by atoms with Crippen LogP contribution in [0.15, 0.2) is 16.7 Å². The largest absolute Gasteiger partial charge is 0.354 e. The lowest BCUT2D eigenvalue weighted by molar-refractivity contribution is 0.269. The van der Waals surface area contributed by atoms with Gasteiger partial charge in [-0.1, -0.05) is 12.1 Å². The number of nitrogens with zero attached hydrogens (tertiary/aromatic N) is 3. The normalized spacial score (nSPS) is 17.3. The lowest BCUT2D eigenvalue weighted by Crippen LogP contribution is -2.46. The van der Waals surface area contributed by atoms with Crippen molar-refractivity contribution in [3.63, 3.8) is 0 Å². The van der Waals surface area contributed by atoms with E-state index in [4.69, 9.17) is 4.52 Å². The Kier molecular flexibility index (Phi) is 3.10. The lowest BCUT2D eigenvalue weighted by Gasteiger charge is -2.33.